The van der Waals surface area contributed by atoms with Gasteiger partial charge in [-0.25, -0.2) is 0 Å². The lowest BCUT2D eigenvalue weighted by Gasteiger charge is -2.32. The Bertz CT molecular complexity index is 679. The van der Waals surface area contributed by atoms with Crippen molar-refractivity contribution in [2.75, 3.05) is 41.9 Å². The molecule has 0 heterocycles. The number of hydrogen-bond donors (Lipinski definition) is 1. The van der Waals surface area contributed by atoms with E-state index in [4.69, 9.17) is 9.47 Å². The van der Waals surface area contributed by atoms with E-state index in [1.165, 1.54) is 0 Å². The molecule has 2 rings (SSSR count). The van der Waals surface area contributed by atoms with Gasteiger partial charge >= 0.3 is 0 Å². The maximum atomic E-state index is 11.7. The van der Waals surface area contributed by atoms with Gasteiger partial charge in [-0.05, 0) is 36.6 Å². The van der Waals surface area contributed by atoms with Gasteiger partial charge in [-0.2, -0.15) is 0 Å². The highest BCUT2D eigenvalue weighted by Crippen LogP contribution is 2.41. The molecule has 0 aliphatic rings. The van der Waals surface area contributed by atoms with Gasteiger partial charge in [-0.15, -0.1) is 0 Å². The standard InChI is InChI=1S/C21H30NO3/c1-22(2,3)15-9-14-21(23,17-10-7-6-8-11-17)19-16-18(24-4)12-13-20(19)25-5/h6-8,10-13,16,23H,9,14-15H2,1-5H3/q+1. The highest BCUT2D eigenvalue weighted by molar-refractivity contribution is 5.48. The Balaban J connectivity index is 2.48. The lowest BCUT2D eigenvalue weighted by molar-refractivity contribution is -0.870. The minimum atomic E-state index is -1.13. The van der Waals surface area contributed by atoms with Crippen molar-refractivity contribution >= 4 is 0 Å². The molecular formula is C21H30NO3+. The first kappa shape index (κ1) is 19.3. The summed E-state index contributed by atoms with van der Waals surface area (Å²) in [4.78, 5) is 0. The SMILES string of the molecule is COc1ccc(OC)c(C(O)(CCC[N+](C)(C)C)c2ccccc2)c1. The molecule has 136 valence electrons. The predicted octanol–water partition coefficient (Wildman–Crippen LogP) is 3.43. The van der Waals surface area contributed by atoms with Gasteiger partial charge in [0.15, 0.2) is 0 Å². The lowest BCUT2D eigenvalue weighted by atomic mass is 9.82. The van der Waals surface area contributed by atoms with Gasteiger partial charge in [0.2, 0.25) is 0 Å². The molecule has 25 heavy (non-hydrogen) atoms. The summed E-state index contributed by atoms with van der Waals surface area (Å²) in [5.74, 6) is 1.37. The average molecular weight is 344 g/mol. The summed E-state index contributed by atoms with van der Waals surface area (Å²) >= 11 is 0. The number of quaternary nitrogens is 1. The Labute approximate surface area is 151 Å². The van der Waals surface area contributed by atoms with E-state index in [0.29, 0.717) is 17.9 Å². The van der Waals surface area contributed by atoms with Crippen LogP contribution in [-0.2, 0) is 5.60 Å². The minimum absolute atomic E-state index is 0.607. The number of hydrogen-bond acceptors (Lipinski definition) is 3. The van der Waals surface area contributed by atoms with Crippen molar-refractivity contribution in [3.05, 3.63) is 59.7 Å². The zero-order valence-electron chi connectivity index (χ0n) is 16.0. The van der Waals surface area contributed by atoms with Crippen molar-refractivity contribution < 1.29 is 19.1 Å². The van der Waals surface area contributed by atoms with E-state index in [-0.39, 0.29) is 0 Å². The van der Waals surface area contributed by atoms with Gasteiger partial charge < -0.3 is 19.1 Å². The fraction of sp³-hybridized carbons (Fsp3) is 0.429. The molecule has 1 atom stereocenters. The lowest BCUT2D eigenvalue weighted by Crippen LogP contribution is -2.37. The number of aliphatic hydroxyl groups is 1. The molecular weight excluding hydrogens is 314 g/mol. The number of nitrogens with zero attached hydrogens (tertiary/aromatic N) is 1. The van der Waals surface area contributed by atoms with Crippen LogP contribution in [0.4, 0.5) is 0 Å². The second-order valence-corrected chi connectivity index (χ2v) is 7.41. The van der Waals surface area contributed by atoms with Crippen LogP contribution in [0.3, 0.4) is 0 Å². The Morgan fingerprint density at radius 3 is 2.20 bits per heavy atom. The van der Waals surface area contributed by atoms with Gasteiger partial charge in [-0.3, -0.25) is 0 Å². The fourth-order valence-electron chi connectivity index (χ4n) is 3.09. The van der Waals surface area contributed by atoms with Gasteiger partial charge in [0.05, 0.1) is 41.9 Å². The van der Waals surface area contributed by atoms with E-state index in [0.717, 1.165) is 28.6 Å². The van der Waals surface area contributed by atoms with Crippen LogP contribution in [0.2, 0.25) is 0 Å². The molecule has 0 fully saturated rings. The van der Waals surface area contributed by atoms with Crippen molar-refractivity contribution in [1.29, 1.82) is 0 Å². The van der Waals surface area contributed by atoms with Crippen molar-refractivity contribution in [2.45, 2.75) is 18.4 Å². The normalized spacial score (nSPS) is 14.0. The van der Waals surface area contributed by atoms with E-state index in [1.807, 2.05) is 48.5 Å². The van der Waals surface area contributed by atoms with Crippen LogP contribution in [0.1, 0.15) is 24.0 Å². The Kier molecular flexibility index (Phi) is 6.09. The largest absolute Gasteiger partial charge is 0.497 e. The minimum Gasteiger partial charge on any atom is -0.497 e. The number of benzene rings is 2. The molecule has 0 aliphatic carbocycles. The van der Waals surface area contributed by atoms with Crippen LogP contribution in [0.5, 0.6) is 11.5 Å². The van der Waals surface area contributed by atoms with Crippen LogP contribution < -0.4 is 9.47 Å². The molecule has 4 nitrogen and oxygen atoms in total. The summed E-state index contributed by atoms with van der Waals surface area (Å²) in [6.45, 7) is 0.974. The van der Waals surface area contributed by atoms with E-state index in [9.17, 15) is 5.11 Å². The Morgan fingerprint density at radius 2 is 1.64 bits per heavy atom. The third-order valence-corrected chi connectivity index (χ3v) is 4.47. The quantitative estimate of drug-likeness (QED) is 0.746. The summed E-state index contributed by atoms with van der Waals surface area (Å²) < 4.78 is 11.8. The van der Waals surface area contributed by atoms with Crippen LogP contribution in [0, 0.1) is 0 Å². The summed E-state index contributed by atoms with van der Waals surface area (Å²) in [7, 11) is 9.74. The second kappa shape index (κ2) is 7.89. The van der Waals surface area contributed by atoms with Gasteiger partial charge in [0.25, 0.3) is 0 Å². The third kappa shape index (κ3) is 4.74. The van der Waals surface area contributed by atoms with Crippen molar-refractivity contribution in [1.82, 2.24) is 0 Å². The van der Waals surface area contributed by atoms with E-state index >= 15 is 0 Å². The topological polar surface area (TPSA) is 38.7 Å². The molecule has 0 bridgehead atoms. The van der Waals surface area contributed by atoms with E-state index in [1.54, 1.807) is 14.2 Å². The monoisotopic (exact) mass is 344 g/mol. The summed E-state index contributed by atoms with van der Waals surface area (Å²) in [6, 6.07) is 15.4. The number of ether oxygens (including phenoxy) is 2. The maximum Gasteiger partial charge on any atom is 0.125 e. The van der Waals surface area contributed by atoms with E-state index < -0.39 is 5.60 Å². The molecule has 1 N–H and O–H groups in total. The molecule has 0 saturated heterocycles. The molecule has 2 aromatic rings. The molecule has 2 aromatic carbocycles. The molecule has 1 unspecified atom stereocenters. The first-order valence-electron chi connectivity index (χ1n) is 8.61. The highest BCUT2D eigenvalue weighted by atomic mass is 16.5. The van der Waals surface area contributed by atoms with Crippen molar-refractivity contribution in [3.8, 4) is 11.5 Å². The van der Waals surface area contributed by atoms with Gasteiger partial charge in [0.1, 0.15) is 17.1 Å². The Morgan fingerprint density at radius 1 is 0.960 bits per heavy atom. The summed E-state index contributed by atoms with van der Waals surface area (Å²) in [5, 5.41) is 11.7. The first-order valence-corrected chi connectivity index (χ1v) is 8.61. The van der Waals surface area contributed by atoms with Crippen LogP contribution in [-0.4, -0.2) is 51.5 Å². The van der Waals surface area contributed by atoms with Gasteiger partial charge in [-0.1, -0.05) is 30.3 Å². The molecule has 0 aromatic heterocycles. The fourth-order valence-corrected chi connectivity index (χ4v) is 3.09. The molecule has 4 heteroatoms. The Hall–Kier alpha value is -2.04. The smallest absolute Gasteiger partial charge is 0.125 e. The second-order valence-electron chi connectivity index (χ2n) is 7.41. The number of methoxy groups -OCH3 is 2. The highest BCUT2D eigenvalue weighted by Gasteiger charge is 2.35. The predicted molar refractivity (Wildman–Crippen MR) is 101 cm³/mol. The molecule has 0 spiro atoms. The van der Waals surface area contributed by atoms with E-state index in [2.05, 4.69) is 21.1 Å². The maximum absolute atomic E-state index is 11.7. The molecule has 0 radical (unpaired) electrons. The van der Waals surface area contributed by atoms with Crippen LogP contribution >= 0.6 is 0 Å². The van der Waals surface area contributed by atoms with Crippen LogP contribution in [0.25, 0.3) is 0 Å². The van der Waals surface area contributed by atoms with Gasteiger partial charge in [0, 0.05) is 5.56 Å². The average Bonchev–Trinajstić information content (AvgIpc) is 2.60. The third-order valence-electron chi connectivity index (χ3n) is 4.47. The zero-order chi connectivity index (χ0) is 18.5. The first-order chi connectivity index (χ1) is 11.8. The number of rotatable bonds is 8. The van der Waals surface area contributed by atoms with Crippen LogP contribution in [0.15, 0.2) is 48.5 Å². The van der Waals surface area contributed by atoms with Crippen molar-refractivity contribution in [3.63, 3.8) is 0 Å². The molecule has 0 aliphatic heterocycles. The zero-order valence-corrected chi connectivity index (χ0v) is 16.0. The van der Waals surface area contributed by atoms with Crippen molar-refractivity contribution in [2.24, 2.45) is 0 Å². The summed E-state index contributed by atoms with van der Waals surface area (Å²) in [5.41, 5.74) is 0.473. The summed E-state index contributed by atoms with van der Waals surface area (Å²) in [6.07, 6.45) is 1.49. The molecule has 0 amide bonds. The molecule has 0 saturated carbocycles.